The summed E-state index contributed by atoms with van der Waals surface area (Å²) >= 11 is 8.81. The first-order valence-electron chi connectivity index (χ1n) is 9.21. The first-order chi connectivity index (χ1) is 14.9. The van der Waals surface area contributed by atoms with Crippen molar-refractivity contribution in [3.63, 3.8) is 0 Å². The maximum Gasteiger partial charge on any atom is 0.307 e. The molecule has 156 valence electrons. The number of carboxylic acids is 1. The predicted molar refractivity (Wildman–Crippen MR) is 126 cm³/mol. The molecule has 0 spiro atoms. The van der Waals surface area contributed by atoms with E-state index in [0.717, 1.165) is 10.2 Å². The molecular weight excluding hydrogens is 454 g/mol. The van der Waals surface area contributed by atoms with Crippen LogP contribution in [0.25, 0.3) is 21.9 Å². The molecule has 2 aromatic carbocycles. The number of carboxylic acid groups (broad SMARTS) is 1. The van der Waals surface area contributed by atoms with E-state index >= 15 is 0 Å². The monoisotopic (exact) mass is 469 g/mol. The van der Waals surface area contributed by atoms with Gasteiger partial charge in [-0.3, -0.25) is 14.5 Å². The van der Waals surface area contributed by atoms with E-state index < -0.39 is 5.97 Å². The molecule has 2 heterocycles. The summed E-state index contributed by atoms with van der Waals surface area (Å²) in [4.78, 5) is 34.4. The Hall–Kier alpha value is -3.07. The molecular formula is C22H16ClN3O3S2. The number of aromatic nitrogens is 2. The summed E-state index contributed by atoms with van der Waals surface area (Å²) in [5.74, 6) is -1.16. The Bertz CT molecular complexity index is 1280. The number of amides is 1. The number of fused-ring (bicyclic) bond motifs is 1. The number of carbonyl (C=O) groups is 2. The summed E-state index contributed by atoms with van der Waals surface area (Å²) < 4.78 is 0.983. The van der Waals surface area contributed by atoms with Gasteiger partial charge in [0.2, 0.25) is 5.91 Å². The number of rotatable bonds is 6. The fourth-order valence-corrected chi connectivity index (χ4v) is 5.04. The van der Waals surface area contributed by atoms with Gasteiger partial charge in [0, 0.05) is 22.9 Å². The highest BCUT2D eigenvalue weighted by atomic mass is 35.5. The van der Waals surface area contributed by atoms with Crippen LogP contribution in [-0.2, 0) is 9.59 Å². The number of thiazole rings is 2. The van der Waals surface area contributed by atoms with Crippen molar-refractivity contribution in [3.05, 3.63) is 69.6 Å². The molecule has 0 radical (unpaired) electrons. The third-order valence-corrected chi connectivity index (χ3v) is 6.51. The van der Waals surface area contributed by atoms with Crippen LogP contribution in [0.1, 0.15) is 24.0 Å². The summed E-state index contributed by atoms with van der Waals surface area (Å²) in [5.41, 5.74) is 2.55. The maximum absolute atomic E-state index is 12.3. The van der Waals surface area contributed by atoms with Crippen LogP contribution in [0.2, 0.25) is 5.02 Å². The highest BCUT2D eigenvalue weighted by Gasteiger charge is 2.19. The van der Waals surface area contributed by atoms with Crippen molar-refractivity contribution in [2.45, 2.75) is 13.3 Å². The van der Waals surface area contributed by atoms with E-state index in [1.54, 1.807) is 35.7 Å². The Morgan fingerprint density at radius 2 is 1.97 bits per heavy atom. The Balaban J connectivity index is 1.72. The zero-order valence-corrected chi connectivity index (χ0v) is 18.7. The Labute approximate surface area is 191 Å². The van der Waals surface area contributed by atoms with Crippen molar-refractivity contribution in [1.82, 2.24) is 9.97 Å². The molecule has 6 nitrogen and oxygen atoms in total. The lowest BCUT2D eigenvalue weighted by Gasteiger charge is -2.18. The highest BCUT2D eigenvalue weighted by Crippen LogP contribution is 2.33. The SMILES string of the molecule is CC(=O)N(c1cccc(Cl)c1)c1nc(/C=C(/CC(=O)O)c2nc3ccccc3s2)cs1. The molecule has 0 unspecified atom stereocenters. The van der Waals surface area contributed by atoms with Crippen molar-refractivity contribution in [3.8, 4) is 0 Å². The van der Waals surface area contributed by atoms with Crippen LogP contribution in [-0.4, -0.2) is 27.0 Å². The summed E-state index contributed by atoms with van der Waals surface area (Å²) in [7, 11) is 0. The normalized spacial score (nSPS) is 11.6. The van der Waals surface area contributed by atoms with E-state index in [1.165, 1.54) is 34.5 Å². The molecule has 2 aromatic heterocycles. The van der Waals surface area contributed by atoms with E-state index in [0.29, 0.717) is 32.1 Å². The van der Waals surface area contributed by atoms with Gasteiger partial charge in [0.1, 0.15) is 5.01 Å². The van der Waals surface area contributed by atoms with Crippen LogP contribution in [0.3, 0.4) is 0 Å². The molecule has 0 aliphatic carbocycles. The Morgan fingerprint density at radius 3 is 2.68 bits per heavy atom. The van der Waals surface area contributed by atoms with Crippen LogP contribution in [0, 0.1) is 0 Å². The van der Waals surface area contributed by atoms with Crippen LogP contribution in [0.4, 0.5) is 10.8 Å². The van der Waals surface area contributed by atoms with Gasteiger partial charge < -0.3 is 5.11 Å². The average molecular weight is 470 g/mol. The topological polar surface area (TPSA) is 83.4 Å². The van der Waals surface area contributed by atoms with E-state index in [-0.39, 0.29) is 12.3 Å². The summed E-state index contributed by atoms with van der Waals surface area (Å²) in [5, 5.41) is 12.8. The van der Waals surface area contributed by atoms with Crippen LogP contribution in [0.5, 0.6) is 0 Å². The van der Waals surface area contributed by atoms with Crippen molar-refractivity contribution < 1.29 is 14.7 Å². The number of halogens is 1. The second-order valence-electron chi connectivity index (χ2n) is 6.62. The average Bonchev–Trinajstić information content (AvgIpc) is 3.34. The molecule has 4 aromatic rings. The van der Waals surface area contributed by atoms with Crippen molar-refractivity contribution >= 4 is 78.8 Å². The number of benzene rings is 2. The van der Waals surface area contributed by atoms with E-state index in [9.17, 15) is 14.7 Å². The molecule has 0 atom stereocenters. The first-order valence-corrected chi connectivity index (χ1v) is 11.3. The van der Waals surface area contributed by atoms with Gasteiger partial charge in [-0.25, -0.2) is 9.97 Å². The van der Waals surface area contributed by atoms with Gasteiger partial charge in [0.25, 0.3) is 0 Å². The van der Waals surface area contributed by atoms with Crippen LogP contribution in [0.15, 0.2) is 53.9 Å². The van der Waals surface area contributed by atoms with E-state index in [4.69, 9.17) is 11.6 Å². The fourth-order valence-electron chi connectivity index (χ4n) is 3.03. The molecule has 1 N–H and O–H groups in total. The quantitative estimate of drug-likeness (QED) is 0.368. The predicted octanol–water partition coefficient (Wildman–Crippen LogP) is 6.11. The van der Waals surface area contributed by atoms with Gasteiger partial charge >= 0.3 is 5.97 Å². The molecule has 0 bridgehead atoms. The first kappa shape index (κ1) is 21.2. The number of anilines is 2. The van der Waals surface area contributed by atoms with Gasteiger partial charge in [0.05, 0.1) is 28.0 Å². The lowest BCUT2D eigenvalue weighted by atomic mass is 10.1. The number of hydrogen-bond acceptors (Lipinski definition) is 6. The van der Waals surface area contributed by atoms with Crippen LogP contribution < -0.4 is 4.90 Å². The number of carbonyl (C=O) groups excluding carboxylic acids is 1. The minimum absolute atomic E-state index is 0.183. The molecule has 0 aliphatic rings. The Kier molecular flexibility index (Phi) is 6.13. The van der Waals surface area contributed by atoms with Gasteiger partial charge in [-0.2, -0.15) is 0 Å². The number of para-hydroxylation sites is 1. The number of hydrogen-bond donors (Lipinski definition) is 1. The third kappa shape index (κ3) is 4.82. The van der Waals surface area contributed by atoms with E-state index in [2.05, 4.69) is 9.97 Å². The molecule has 31 heavy (non-hydrogen) atoms. The second-order valence-corrected chi connectivity index (χ2v) is 8.92. The minimum atomic E-state index is -0.953. The zero-order chi connectivity index (χ0) is 22.0. The Morgan fingerprint density at radius 1 is 1.16 bits per heavy atom. The molecule has 4 rings (SSSR count). The largest absolute Gasteiger partial charge is 0.481 e. The smallest absolute Gasteiger partial charge is 0.307 e. The lowest BCUT2D eigenvalue weighted by molar-refractivity contribution is -0.135. The summed E-state index contributed by atoms with van der Waals surface area (Å²) in [6, 6.07) is 14.6. The second kappa shape index (κ2) is 8.97. The lowest BCUT2D eigenvalue weighted by Crippen LogP contribution is -2.22. The minimum Gasteiger partial charge on any atom is -0.481 e. The number of nitrogens with zero attached hydrogens (tertiary/aromatic N) is 3. The fraction of sp³-hybridized carbons (Fsp3) is 0.0909. The summed E-state index contributed by atoms with van der Waals surface area (Å²) in [6.07, 6.45) is 1.53. The molecule has 1 amide bonds. The number of aliphatic carboxylic acids is 1. The van der Waals surface area contributed by atoms with Gasteiger partial charge in [-0.05, 0) is 36.4 Å². The highest BCUT2D eigenvalue weighted by molar-refractivity contribution is 7.19. The molecule has 0 fully saturated rings. The van der Waals surface area contributed by atoms with Crippen molar-refractivity contribution in [1.29, 1.82) is 0 Å². The maximum atomic E-state index is 12.3. The molecule has 9 heteroatoms. The summed E-state index contributed by atoms with van der Waals surface area (Å²) in [6.45, 7) is 1.45. The van der Waals surface area contributed by atoms with Crippen LogP contribution >= 0.6 is 34.3 Å². The standard InChI is InChI=1S/C22H16ClN3O3S2/c1-13(27)26(17-6-4-5-15(23)11-17)22-24-16(12-30-22)9-14(10-20(28)29)21-25-18-7-2-3-8-19(18)31-21/h2-9,11-12H,10H2,1H3,(H,28,29)/b14-9-. The molecule has 0 saturated heterocycles. The van der Waals surface area contributed by atoms with E-state index in [1.807, 2.05) is 24.3 Å². The van der Waals surface area contributed by atoms with Crippen molar-refractivity contribution in [2.75, 3.05) is 4.90 Å². The molecule has 0 saturated carbocycles. The third-order valence-electron chi connectivity index (χ3n) is 4.31. The molecule has 0 aliphatic heterocycles. The van der Waals surface area contributed by atoms with Gasteiger partial charge in [0.15, 0.2) is 5.13 Å². The van der Waals surface area contributed by atoms with Gasteiger partial charge in [-0.1, -0.05) is 29.8 Å². The zero-order valence-electron chi connectivity index (χ0n) is 16.3. The van der Waals surface area contributed by atoms with Crippen molar-refractivity contribution in [2.24, 2.45) is 0 Å². The van der Waals surface area contributed by atoms with Gasteiger partial charge in [-0.15, -0.1) is 22.7 Å².